The number of likely N-dealkylation sites (tertiary alicyclic amines) is 1. The van der Waals surface area contributed by atoms with E-state index in [0.29, 0.717) is 13.0 Å². The summed E-state index contributed by atoms with van der Waals surface area (Å²) in [5, 5.41) is 3.39. The van der Waals surface area contributed by atoms with Crippen LogP contribution >= 0.6 is 0 Å². The van der Waals surface area contributed by atoms with E-state index >= 15 is 0 Å². The van der Waals surface area contributed by atoms with Crippen LogP contribution in [0.4, 0.5) is 5.69 Å². The standard InChI is InChI=1S/C19H28N4O/c1-2-20-19(22-12-5-6-13-22)21-15-16-8-10-17(11-9-16)23-14-4-3-7-18(23)24/h8-11H,2-7,12-15H2,1H3,(H,20,21). The molecule has 1 amide bonds. The molecule has 0 aliphatic carbocycles. The van der Waals surface area contributed by atoms with Crippen molar-refractivity contribution in [2.45, 2.75) is 45.6 Å². The van der Waals surface area contributed by atoms with Crippen molar-refractivity contribution in [1.82, 2.24) is 10.2 Å². The van der Waals surface area contributed by atoms with Crippen LogP contribution in [0.25, 0.3) is 0 Å². The van der Waals surface area contributed by atoms with Crippen LogP contribution in [0.3, 0.4) is 0 Å². The molecule has 130 valence electrons. The van der Waals surface area contributed by atoms with E-state index in [2.05, 4.69) is 41.4 Å². The van der Waals surface area contributed by atoms with Gasteiger partial charge in [0.15, 0.2) is 5.96 Å². The molecule has 5 nitrogen and oxygen atoms in total. The van der Waals surface area contributed by atoms with Crippen LogP contribution in [0, 0.1) is 0 Å². The van der Waals surface area contributed by atoms with E-state index in [1.54, 1.807) is 0 Å². The molecule has 0 aromatic heterocycles. The number of benzene rings is 1. The summed E-state index contributed by atoms with van der Waals surface area (Å²) in [5.41, 5.74) is 2.19. The van der Waals surface area contributed by atoms with Gasteiger partial charge in [0.1, 0.15) is 0 Å². The zero-order valence-corrected chi connectivity index (χ0v) is 14.6. The molecule has 0 radical (unpaired) electrons. The number of amides is 1. The minimum atomic E-state index is 0.246. The van der Waals surface area contributed by atoms with Gasteiger partial charge in [-0.15, -0.1) is 0 Å². The average molecular weight is 328 g/mol. The zero-order valence-electron chi connectivity index (χ0n) is 14.6. The fourth-order valence-electron chi connectivity index (χ4n) is 3.38. The molecular formula is C19H28N4O. The topological polar surface area (TPSA) is 47.9 Å². The minimum Gasteiger partial charge on any atom is -0.357 e. The molecule has 3 rings (SSSR count). The number of hydrogen-bond donors (Lipinski definition) is 1. The smallest absolute Gasteiger partial charge is 0.226 e. The van der Waals surface area contributed by atoms with Gasteiger partial charge in [0.2, 0.25) is 5.91 Å². The summed E-state index contributed by atoms with van der Waals surface area (Å²) < 4.78 is 0. The van der Waals surface area contributed by atoms with Crippen LogP contribution in [0.1, 0.15) is 44.6 Å². The van der Waals surface area contributed by atoms with Crippen LogP contribution < -0.4 is 10.2 Å². The second-order valence-corrected chi connectivity index (χ2v) is 6.53. The molecule has 0 bridgehead atoms. The molecule has 1 aromatic rings. The molecule has 2 heterocycles. The first-order chi connectivity index (χ1) is 11.8. The van der Waals surface area contributed by atoms with Gasteiger partial charge >= 0.3 is 0 Å². The Hall–Kier alpha value is -2.04. The summed E-state index contributed by atoms with van der Waals surface area (Å²) in [7, 11) is 0. The van der Waals surface area contributed by atoms with E-state index in [9.17, 15) is 4.79 Å². The van der Waals surface area contributed by atoms with Crippen molar-refractivity contribution in [2.75, 3.05) is 31.1 Å². The van der Waals surface area contributed by atoms with Crippen LogP contribution in [0.2, 0.25) is 0 Å². The summed E-state index contributed by atoms with van der Waals surface area (Å²) in [5.74, 6) is 1.26. The third kappa shape index (κ3) is 4.08. The third-order valence-electron chi connectivity index (χ3n) is 4.72. The molecule has 1 aromatic carbocycles. The molecule has 2 fully saturated rings. The van der Waals surface area contributed by atoms with Gasteiger partial charge in [-0.2, -0.15) is 0 Å². The monoisotopic (exact) mass is 328 g/mol. The van der Waals surface area contributed by atoms with Crippen molar-refractivity contribution in [3.05, 3.63) is 29.8 Å². The molecule has 24 heavy (non-hydrogen) atoms. The molecule has 0 unspecified atom stereocenters. The summed E-state index contributed by atoms with van der Waals surface area (Å²) in [6, 6.07) is 8.29. The maximum atomic E-state index is 12.0. The van der Waals surface area contributed by atoms with Gasteiger partial charge in [0, 0.05) is 38.3 Å². The van der Waals surface area contributed by atoms with Crippen LogP contribution in [-0.2, 0) is 11.3 Å². The number of piperidine rings is 1. The number of carbonyl (C=O) groups excluding carboxylic acids is 1. The Morgan fingerprint density at radius 3 is 2.46 bits per heavy atom. The number of aliphatic imine (C=N–C) groups is 1. The predicted octanol–water partition coefficient (Wildman–Crippen LogP) is 2.76. The van der Waals surface area contributed by atoms with Crippen molar-refractivity contribution < 1.29 is 4.79 Å². The van der Waals surface area contributed by atoms with E-state index in [4.69, 9.17) is 4.99 Å². The lowest BCUT2D eigenvalue weighted by Gasteiger charge is -2.26. The Labute approximate surface area is 144 Å². The SMILES string of the molecule is CCNC(=NCc1ccc(N2CCCCC2=O)cc1)N1CCCC1. The second-order valence-electron chi connectivity index (χ2n) is 6.53. The number of hydrogen-bond acceptors (Lipinski definition) is 2. The van der Waals surface area contributed by atoms with E-state index in [0.717, 1.165) is 50.7 Å². The molecule has 0 atom stereocenters. The number of carbonyl (C=O) groups is 1. The molecular weight excluding hydrogens is 300 g/mol. The Morgan fingerprint density at radius 1 is 1.08 bits per heavy atom. The number of nitrogens with zero attached hydrogens (tertiary/aromatic N) is 3. The van der Waals surface area contributed by atoms with E-state index < -0.39 is 0 Å². The highest BCUT2D eigenvalue weighted by atomic mass is 16.2. The van der Waals surface area contributed by atoms with Gasteiger partial charge in [-0.1, -0.05) is 12.1 Å². The number of rotatable bonds is 4. The highest BCUT2D eigenvalue weighted by molar-refractivity contribution is 5.93. The van der Waals surface area contributed by atoms with Crippen LogP contribution in [0.15, 0.2) is 29.3 Å². The minimum absolute atomic E-state index is 0.246. The lowest BCUT2D eigenvalue weighted by molar-refractivity contribution is -0.119. The summed E-state index contributed by atoms with van der Waals surface area (Å²) >= 11 is 0. The first-order valence-corrected chi connectivity index (χ1v) is 9.20. The number of anilines is 1. The Bertz CT molecular complexity index is 576. The van der Waals surface area contributed by atoms with Gasteiger partial charge in [-0.25, -0.2) is 4.99 Å². The largest absolute Gasteiger partial charge is 0.357 e. The lowest BCUT2D eigenvalue weighted by Crippen LogP contribution is -2.39. The maximum absolute atomic E-state index is 12.0. The van der Waals surface area contributed by atoms with Crippen molar-refractivity contribution in [2.24, 2.45) is 4.99 Å². The fourth-order valence-corrected chi connectivity index (χ4v) is 3.38. The van der Waals surface area contributed by atoms with Gasteiger partial charge in [0.25, 0.3) is 0 Å². The summed E-state index contributed by atoms with van der Waals surface area (Å²) in [6.45, 7) is 6.72. The van der Waals surface area contributed by atoms with Gasteiger partial charge in [-0.05, 0) is 50.3 Å². The molecule has 1 N–H and O–H groups in total. The Morgan fingerprint density at radius 2 is 1.79 bits per heavy atom. The number of guanidine groups is 1. The first-order valence-electron chi connectivity index (χ1n) is 9.20. The van der Waals surface area contributed by atoms with Crippen molar-refractivity contribution in [3.8, 4) is 0 Å². The van der Waals surface area contributed by atoms with E-state index in [1.807, 2.05) is 4.90 Å². The van der Waals surface area contributed by atoms with Gasteiger partial charge in [0.05, 0.1) is 6.54 Å². The third-order valence-corrected chi connectivity index (χ3v) is 4.72. The van der Waals surface area contributed by atoms with Crippen molar-refractivity contribution in [3.63, 3.8) is 0 Å². The van der Waals surface area contributed by atoms with Crippen molar-refractivity contribution >= 4 is 17.6 Å². The first kappa shape index (κ1) is 16.8. The van der Waals surface area contributed by atoms with Gasteiger partial charge < -0.3 is 15.1 Å². The zero-order chi connectivity index (χ0) is 16.8. The Balaban J connectivity index is 1.64. The molecule has 0 spiro atoms. The quantitative estimate of drug-likeness (QED) is 0.683. The van der Waals surface area contributed by atoms with E-state index in [1.165, 1.54) is 18.4 Å². The highest BCUT2D eigenvalue weighted by Gasteiger charge is 2.19. The predicted molar refractivity (Wildman–Crippen MR) is 98.3 cm³/mol. The molecule has 0 saturated carbocycles. The van der Waals surface area contributed by atoms with E-state index in [-0.39, 0.29) is 5.91 Å². The maximum Gasteiger partial charge on any atom is 0.226 e. The van der Waals surface area contributed by atoms with Crippen LogP contribution in [-0.4, -0.2) is 42.9 Å². The van der Waals surface area contributed by atoms with Crippen molar-refractivity contribution in [1.29, 1.82) is 0 Å². The second kappa shape index (κ2) is 8.18. The summed E-state index contributed by atoms with van der Waals surface area (Å²) in [6.07, 6.45) is 5.30. The average Bonchev–Trinajstić information content (AvgIpc) is 3.14. The molecule has 2 aliphatic rings. The highest BCUT2D eigenvalue weighted by Crippen LogP contribution is 2.21. The molecule has 2 saturated heterocycles. The lowest BCUT2D eigenvalue weighted by atomic mass is 10.1. The fraction of sp³-hybridized carbons (Fsp3) is 0.579. The molecule has 2 aliphatic heterocycles. The van der Waals surface area contributed by atoms with Gasteiger partial charge in [-0.3, -0.25) is 4.79 Å². The molecule has 5 heteroatoms. The van der Waals surface area contributed by atoms with Crippen LogP contribution in [0.5, 0.6) is 0 Å². The number of nitrogens with one attached hydrogen (secondary N) is 1. The Kier molecular flexibility index (Phi) is 5.72. The normalized spacial score (nSPS) is 19.0. The summed E-state index contributed by atoms with van der Waals surface area (Å²) in [4.78, 5) is 21.0.